The number of likely N-dealkylation sites (N-methyl/N-ethyl adjacent to an activating group) is 1. The number of methoxy groups -OCH3 is 1. The molecule has 2 rings (SSSR count). The van der Waals surface area contributed by atoms with Crippen molar-refractivity contribution in [1.29, 1.82) is 0 Å². The van der Waals surface area contributed by atoms with Crippen molar-refractivity contribution in [2.75, 3.05) is 27.2 Å². The number of rotatable bonds is 11. The molecule has 0 amide bonds. The van der Waals surface area contributed by atoms with Crippen molar-refractivity contribution in [2.45, 2.75) is 30.6 Å². The van der Waals surface area contributed by atoms with Gasteiger partial charge in [-0.15, -0.1) is 0 Å². The van der Waals surface area contributed by atoms with Crippen molar-refractivity contribution in [3.05, 3.63) is 58.6 Å². The van der Waals surface area contributed by atoms with E-state index in [1.807, 2.05) is 24.3 Å². The van der Waals surface area contributed by atoms with Crippen molar-refractivity contribution in [3.63, 3.8) is 0 Å². The van der Waals surface area contributed by atoms with E-state index in [1.54, 1.807) is 19.2 Å². The summed E-state index contributed by atoms with van der Waals surface area (Å²) in [7, 11) is 3.70. The predicted molar refractivity (Wildman–Crippen MR) is 114 cm³/mol. The summed E-state index contributed by atoms with van der Waals surface area (Å²) in [4.78, 5) is 15.4. The highest BCUT2D eigenvalue weighted by molar-refractivity contribution is 7.97. The van der Waals surface area contributed by atoms with E-state index in [2.05, 4.69) is 18.0 Å². The molecule has 0 aliphatic carbocycles. The second kappa shape index (κ2) is 11.3. The van der Waals surface area contributed by atoms with Gasteiger partial charge in [-0.05, 0) is 74.6 Å². The predicted octanol–water partition coefficient (Wildman–Crippen LogP) is 4.84. The van der Waals surface area contributed by atoms with Crippen LogP contribution in [0.4, 0.5) is 0 Å². The number of hydrogen-bond donors (Lipinski definition) is 1. The van der Waals surface area contributed by atoms with Crippen LogP contribution < -0.4 is 9.88 Å². The zero-order valence-corrected chi connectivity index (χ0v) is 17.5. The Morgan fingerprint density at radius 2 is 1.96 bits per heavy atom. The Labute approximate surface area is 171 Å². The van der Waals surface area contributed by atoms with Crippen LogP contribution in [-0.2, 0) is 6.42 Å². The molecule has 146 valence electrons. The first-order chi connectivity index (χ1) is 13.0. The number of Topliss-reactive ketones (excluding diaryl/α,β-unsaturated/α-hetero) is 1. The second-order valence-electron chi connectivity index (χ2n) is 6.51. The minimum atomic E-state index is 0.145. The highest BCUT2D eigenvalue weighted by Gasteiger charge is 2.10. The minimum Gasteiger partial charge on any atom is -0.496 e. The van der Waals surface area contributed by atoms with Crippen LogP contribution in [0.3, 0.4) is 0 Å². The number of hydrogen-bond acceptors (Lipinski definition) is 5. The number of ether oxygens (including phenoxy) is 1. The summed E-state index contributed by atoms with van der Waals surface area (Å²) < 4.78 is 5.23. The molecule has 0 atom stereocenters. The fourth-order valence-electron chi connectivity index (χ4n) is 2.88. The van der Waals surface area contributed by atoms with E-state index in [9.17, 15) is 4.79 Å². The molecule has 2 aromatic rings. The Morgan fingerprint density at radius 3 is 2.67 bits per heavy atom. The quantitative estimate of drug-likeness (QED) is 0.328. The summed E-state index contributed by atoms with van der Waals surface area (Å²) in [6.45, 7) is 1.91. The fourth-order valence-corrected chi connectivity index (χ4v) is 3.57. The molecular weight excluding hydrogens is 380 g/mol. The summed E-state index contributed by atoms with van der Waals surface area (Å²) in [5.74, 6) is 0.839. The van der Waals surface area contributed by atoms with Gasteiger partial charge in [-0.2, -0.15) is 0 Å². The lowest BCUT2D eigenvalue weighted by Gasteiger charge is -2.16. The Hall–Kier alpha value is -1.53. The van der Waals surface area contributed by atoms with E-state index in [4.69, 9.17) is 21.5 Å². The largest absolute Gasteiger partial charge is 0.496 e. The van der Waals surface area contributed by atoms with Gasteiger partial charge < -0.3 is 9.64 Å². The lowest BCUT2D eigenvalue weighted by molar-refractivity contribution is 0.0978. The van der Waals surface area contributed by atoms with E-state index >= 15 is 0 Å². The van der Waals surface area contributed by atoms with Crippen molar-refractivity contribution < 1.29 is 9.53 Å². The molecule has 0 fully saturated rings. The smallest absolute Gasteiger partial charge is 0.162 e. The van der Waals surface area contributed by atoms with Gasteiger partial charge in [0.25, 0.3) is 0 Å². The van der Waals surface area contributed by atoms with E-state index < -0.39 is 0 Å². The molecule has 0 saturated heterocycles. The Kier molecular flexibility index (Phi) is 9.15. The number of carbonyl (C=O) groups excluding carboxylic acids is 1. The monoisotopic (exact) mass is 406 g/mol. The van der Waals surface area contributed by atoms with Crippen LogP contribution in [-0.4, -0.2) is 37.9 Å². The Bertz CT molecular complexity index is 755. The maximum Gasteiger partial charge on any atom is 0.162 e. The van der Waals surface area contributed by atoms with Gasteiger partial charge in [0.1, 0.15) is 5.75 Å². The lowest BCUT2D eigenvalue weighted by atomic mass is 10.1. The standard InChI is InChI=1S/C21H27ClN2O2S/c1-24(14-12-16-7-3-4-8-18(16)22)13-6-5-9-19(25)17-10-11-20(26-2)21(15-17)27-23/h3-4,7-8,10-11,15H,5-6,9,12-14,23H2,1-2H3. The van der Waals surface area contributed by atoms with Crippen molar-refractivity contribution in [3.8, 4) is 5.75 Å². The molecule has 0 heterocycles. The van der Waals surface area contributed by atoms with Crippen LogP contribution in [0.5, 0.6) is 5.75 Å². The van der Waals surface area contributed by atoms with Gasteiger partial charge in [0.15, 0.2) is 5.78 Å². The first-order valence-electron chi connectivity index (χ1n) is 9.05. The van der Waals surface area contributed by atoms with Crippen LogP contribution in [0.2, 0.25) is 5.02 Å². The molecule has 27 heavy (non-hydrogen) atoms. The van der Waals surface area contributed by atoms with E-state index in [0.29, 0.717) is 17.7 Å². The van der Waals surface area contributed by atoms with Crippen molar-refractivity contribution in [2.24, 2.45) is 5.14 Å². The third kappa shape index (κ3) is 6.85. The number of carbonyl (C=O) groups is 1. The summed E-state index contributed by atoms with van der Waals surface area (Å²) in [5.41, 5.74) is 1.87. The average molecular weight is 407 g/mol. The Morgan fingerprint density at radius 1 is 1.19 bits per heavy atom. The topological polar surface area (TPSA) is 55.6 Å². The van der Waals surface area contributed by atoms with Gasteiger partial charge in [-0.25, -0.2) is 0 Å². The van der Waals surface area contributed by atoms with Crippen LogP contribution >= 0.6 is 23.5 Å². The average Bonchev–Trinajstić information content (AvgIpc) is 2.69. The molecule has 2 N–H and O–H groups in total. The summed E-state index contributed by atoms with van der Waals surface area (Å²) in [5, 5.41) is 6.47. The van der Waals surface area contributed by atoms with Crippen LogP contribution in [0.15, 0.2) is 47.4 Å². The molecule has 4 nitrogen and oxygen atoms in total. The molecular formula is C21H27ClN2O2S. The zero-order valence-electron chi connectivity index (χ0n) is 15.9. The highest BCUT2D eigenvalue weighted by atomic mass is 35.5. The summed E-state index contributed by atoms with van der Waals surface area (Å²) >= 11 is 7.29. The van der Waals surface area contributed by atoms with Gasteiger partial charge in [0.05, 0.1) is 12.0 Å². The maximum absolute atomic E-state index is 12.4. The highest BCUT2D eigenvalue weighted by Crippen LogP contribution is 2.27. The molecule has 0 aliphatic heterocycles. The van der Waals surface area contributed by atoms with Crippen LogP contribution in [0, 0.1) is 0 Å². The number of unbranched alkanes of at least 4 members (excludes halogenated alkanes) is 1. The van der Waals surface area contributed by atoms with Gasteiger partial charge in [0.2, 0.25) is 0 Å². The van der Waals surface area contributed by atoms with Crippen molar-refractivity contribution in [1.82, 2.24) is 4.90 Å². The molecule has 0 spiro atoms. The molecule has 0 radical (unpaired) electrons. The van der Waals surface area contributed by atoms with E-state index in [0.717, 1.165) is 54.2 Å². The number of nitrogens with two attached hydrogens (primary N) is 1. The van der Waals surface area contributed by atoms with Crippen LogP contribution in [0.25, 0.3) is 0 Å². The first-order valence-corrected chi connectivity index (χ1v) is 10.3. The fraction of sp³-hybridized carbons (Fsp3) is 0.381. The van der Waals surface area contributed by atoms with Gasteiger partial charge in [0, 0.05) is 23.6 Å². The second-order valence-corrected chi connectivity index (χ2v) is 7.59. The van der Waals surface area contributed by atoms with E-state index in [1.165, 1.54) is 5.56 Å². The van der Waals surface area contributed by atoms with Gasteiger partial charge >= 0.3 is 0 Å². The molecule has 6 heteroatoms. The number of ketones is 1. The third-order valence-corrected chi connectivity index (χ3v) is 5.47. The summed E-state index contributed by atoms with van der Waals surface area (Å²) in [6, 6.07) is 13.4. The third-order valence-electron chi connectivity index (χ3n) is 4.53. The molecule has 0 unspecified atom stereocenters. The molecule has 0 aliphatic rings. The Balaban J connectivity index is 1.71. The van der Waals surface area contributed by atoms with E-state index in [-0.39, 0.29) is 5.78 Å². The number of halogens is 1. The van der Waals surface area contributed by atoms with Gasteiger partial charge in [-0.3, -0.25) is 9.93 Å². The zero-order chi connectivity index (χ0) is 19.6. The van der Waals surface area contributed by atoms with Crippen LogP contribution in [0.1, 0.15) is 35.2 Å². The van der Waals surface area contributed by atoms with Crippen molar-refractivity contribution >= 4 is 29.3 Å². The molecule has 0 bridgehead atoms. The van der Waals surface area contributed by atoms with Gasteiger partial charge in [-0.1, -0.05) is 29.8 Å². The molecule has 2 aromatic carbocycles. The first kappa shape index (κ1) is 21.8. The summed E-state index contributed by atoms with van der Waals surface area (Å²) in [6.07, 6.45) is 3.33. The molecule has 0 aromatic heterocycles. The number of nitrogens with zero attached hydrogens (tertiary/aromatic N) is 1. The minimum absolute atomic E-state index is 0.145. The molecule has 0 saturated carbocycles. The SMILES string of the molecule is COc1ccc(C(=O)CCCCN(C)CCc2ccccc2Cl)cc1SN. The maximum atomic E-state index is 12.4. The lowest BCUT2D eigenvalue weighted by Crippen LogP contribution is -2.22. The normalized spacial score (nSPS) is 11.0. The number of benzene rings is 2.